The van der Waals surface area contributed by atoms with Crippen molar-refractivity contribution < 1.29 is 13.9 Å². The van der Waals surface area contributed by atoms with Gasteiger partial charge in [-0.3, -0.25) is 4.90 Å². The average molecular weight is 384 g/mol. The molecule has 1 aliphatic heterocycles. The predicted molar refractivity (Wildman–Crippen MR) is 89.0 cm³/mol. The fraction of sp³-hybridized carbons (Fsp3) is 0.500. The summed E-state index contributed by atoms with van der Waals surface area (Å²) in [5.74, 6) is 0.587. The van der Waals surface area contributed by atoms with E-state index in [0.717, 1.165) is 15.5 Å². The van der Waals surface area contributed by atoms with Crippen LogP contribution in [-0.2, 0) is 4.74 Å². The van der Waals surface area contributed by atoms with Crippen molar-refractivity contribution in [2.75, 3.05) is 6.54 Å². The number of nitrogens with one attached hydrogen (secondary N) is 1. The zero-order chi connectivity index (χ0) is 16.8. The van der Waals surface area contributed by atoms with Gasteiger partial charge in [-0.25, -0.2) is 14.2 Å². The molecule has 0 spiro atoms. The molecule has 2 atom stereocenters. The molecule has 1 aliphatic rings. The molecular formula is C16H19BrFN3O2. The highest BCUT2D eigenvalue weighted by Gasteiger charge is 2.40. The number of likely N-dealkylation sites (tertiary alicyclic amines) is 1. The van der Waals surface area contributed by atoms with Crippen molar-refractivity contribution in [1.82, 2.24) is 14.9 Å². The predicted octanol–water partition coefficient (Wildman–Crippen LogP) is 4.35. The molecule has 1 saturated heterocycles. The van der Waals surface area contributed by atoms with Crippen LogP contribution in [0.5, 0.6) is 0 Å². The number of alkyl halides is 1. The van der Waals surface area contributed by atoms with Gasteiger partial charge in [0.15, 0.2) is 0 Å². The fourth-order valence-electron chi connectivity index (χ4n) is 2.73. The minimum Gasteiger partial charge on any atom is -0.444 e. The van der Waals surface area contributed by atoms with Gasteiger partial charge in [0, 0.05) is 10.9 Å². The van der Waals surface area contributed by atoms with Crippen LogP contribution in [0.4, 0.5) is 9.18 Å². The highest BCUT2D eigenvalue weighted by Crippen LogP contribution is 2.34. The molecule has 2 heterocycles. The van der Waals surface area contributed by atoms with Gasteiger partial charge in [-0.1, -0.05) is 15.9 Å². The maximum Gasteiger partial charge on any atom is 0.411 e. The molecule has 0 saturated carbocycles. The first-order valence-electron chi connectivity index (χ1n) is 7.52. The third kappa shape index (κ3) is 3.49. The van der Waals surface area contributed by atoms with Crippen molar-refractivity contribution >= 4 is 33.1 Å². The third-order valence-electron chi connectivity index (χ3n) is 3.66. The molecule has 1 aromatic heterocycles. The van der Waals surface area contributed by atoms with Crippen molar-refractivity contribution in [3.05, 3.63) is 28.5 Å². The van der Waals surface area contributed by atoms with Gasteiger partial charge in [0.05, 0.1) is 23.6 Å². The van der Waals surface area contributed by atoms with E-state index in [1.165, 1.54) is 4.90 Å². The van der Waals surface area contributed by atoms with Gasteiger partial charge in [-0.05, 0) is 39.0 Å². The van der Waals surface area contributed by atoms with Crippen LogP contribution in [0.1, 0.15) is 39.1 Å². The Morgan fingerprint density at radius 1 is 1.48 bits per heavy atom. The lowest BCUT2D eigenvalue weighted by Crippen LogP contribution is -2.37. The number of carbonyl (C=O) groups is 1. The monoisotopic (exact) mass is 383 g/mol. The Hall–Kier alpha value is -1.63. The number of imidazole rings is 1. The normalized spacial score (nSPS) is 21.9. The van der Waals surface area contributed by atoms with Gasteiger partial charge < -0.3 is 9.72 Å². The quantitative estimate of drug-likeness (QED) is 0.796. The second-order valence-electron chi connectivity index (χ2n) is 6.77. The Balaban J connectivity index is 1.90. The molecule has 0 bridgehead atoms. The van der Waals surface area contributed by atoms with E-state index in [1.54, 1.807) is 20.8 Å². The second kappa shape index (κ2) is 5.78. The minimum absolute atomic E-state index is 0.0281. The Kier molecular flexibility index (Phi) is 4.08. The first kappa shape index (κ1) is 16.2. The summed E-state index contributed by atoms with van der Waals surface area (Å²) >= 11 is 3.41. The molecule has 1 fully saturated rings. The second-order valence-corrected chi connectivity index (χ2v) is 7.68. The van der Waals surface area contributed by atoms with Crippen molar-refractivity contribution in [2.24, 2.45) is 0 Å². The molecule has 23 heavy (non-hydrogen) atoms. The minimum atomic E-state index is -1.08. The van der Waals surface area contributed by atoms with Crippen LogP contribution in [0.15, 0.2) is 22.7 Å². The molecular weight excluding hydrogens is 365 g/mol. The summed E-state index contributed by atoms with van der Waals surface area (Å²) in [6.45, 7) is 5.41. The Labute approximate surface area is 142 Å². The molecule has 0 aliphatic carbocycles. The number of nitrogens with zero attached hydrogens (tertiary/aromatic N) is 2. The van der Waals surface area contributed by atoms with Gasteiger partial charge in [-0.15, -0.1) is 0 Å². The van der Waals surface area contributed by atoms with E-state index in [-0.39, 0.29) is 13.0 Å². The summed E-state index contributed by atoms with van der Waals surface area (Å²) in [7, 11) is 0. The highest BCUT2D eigenvalue weighted by molar-refractivity contribution is 9.10. The molecule has 124 valence electrons. The molecule has 7 heteroatoms. The van der Waals surface area contributed by atoms with E-state index in [2.05, 4.69) is 25.9 Å². The smallest absolute Gasteiger partial charge is 0.411 e. The molecule has 5 nitrogen and oxygen atoms in total. The van der Waals surface area contributed by atoms with Gasteiger partial charge in [0.25, 0.3) is 0 Å². The van der Waals surface area contributed by atoms with Crippen LogP contribution in [-0.4, -0.2) is 39.3 Å². The third-order valence-corrected chi connectivity index (χ3v) is 4.15. The van der Waals surface area contributed by atoms with E-state index < -0.39 is 23.9 Å². The summed E-state index contributed by atoms with van der Waals surface area (Å²) in [4.78, 5) is 21.5. The molecule has 0 unspecified atom stereocenters. The number of halogens is 2. The summed E-state index contributed by atoms with van der Waals surface area (Å²) in [5.41, 5.74) is 1.02. The van der Waals surface area contributed by atoms with Crippen LogP contribution < -0.4 is 0 Å². The van der Waals surface area contributed by atoms with Crippen molar-refractivity contribution in [3.63, 3.8) is 0 Å². The van der Waals surface area contributed by atoms with Crippen LogP contribution in [0.3, 0.4) is 0 Å². The number of benzene rings is 1. The summed E-state index contributed by atoms with van der Waals surface area (Å²) < 4.78 is 20.2. The number of rotatable bonds is 1. The summed E-state index contributed by atoms with van der Waals surface area (Å²) in [6.07, 6.45) is -1.36. The molecule has 3 rings (SSSR count). The first-order chi connectivity index (χ1) is 10.7. The van der Waals surface area contributed by atoms with Gasteiger partial charge in [-0.2, -0.15) is 0 Å². The molecule has 0 radical (unpaired) electrons. The van der Waals surface area contributed by atoms with Crippen LogP contribution in [0, 0.1) is 0 Å². The Morgan fingerprint density at radius 2 is 2.22 bits per heavy atom. The number of hydrogen-bond donors (Lipinski definition) is 1. The Morgan fingerprint density at radius 3 is 2.91 bits per heavy atom. The number of H-pyrrole nitrogens is 1. The first-order valence-corrected chi connectivity index (χ1v) is 8.31. The maximum atomic E-state index is 13.9. The molecule has 1 N–H and O–H groups in total. The van der Waals surface area contributed by atoms with Crippen molar-refractivity contribution in [2.45, 2.75) is 45.0 Å². The lowest BCUT2D eigenvalue weighted by Gasteiger charge is -2.27. The lowest BCUT2D eigenvalue weighted by molar-refractivity contribution is 0.0211. The number of fused-ring (bicyclic) bond motifs is 1. The maximum absolute atomic E-state index is 13.9. The molecule has 2 aromatic rings. The van der Waals surface area contributed by atoms with Gasteiger partial charge >= 0.3 is 6.09 Å². The fourth-order valence-corrected chi connectivity index (χ4v) is 3.09. The number of amides is 1. The van der Waals surface area contributed by atoms with Gasteiger partial charge in [0.2, 0.25) is 0 Å². The molecule has 1 amide bonds. The topological polar surface area (TPSA) is 58.2 Å². The standard InChI is InChI=1S/C16H19BrFN3O2/c1-16(2,3)23-15(22)21-8-10(18)7-13(21)14-19-11-5-4-9(17)6-12(11)20-14/h4-6,10,13H,7-8H2,1-3H3,(H,19,20)/t10-,13-/m0/s1. The molecule has 1 aromatic carbocycles. The summed E-state index contributed by atoms with van der Waals surface area (Å²) in [5, 5.41) is 0. The zero-order valence-corrected chi connectivity index (χ0v) is 14.9. The van der Waals surface area contributed by atoms with E-state index in [9.17, 15) is 9.18 Å². The van der Waals surface area contributed by atoms with Crippen molar-refractivity contribution in [3.8, 4) is 0 Å². The SMILES string of the molecule is CC(C)(C)OC(=O)N1C[C@@H](F)C[C@H]1c1nc2ccc(Br)cc2[nH]1. The van der Waals surface area contributed by atoms with Crippen LogP contribution in [0.2, 0.25) is 0 Å². The Bertz CT molecular complexity index is 740. The number of hydrogen-bond acceptors (Lipinski definition) is 3. The summed E-state index contributed by atoms with van der Waals surface area (Å²) in [6, 6.07) is 5.24. The lowest BCUT2D eigenvalue weighted by atomic mass is 10.2. The van der Waals surface area contributed by atoms with Crippen LogP contribution in [0.25, 0.3) is 11.0 Å². The highest BCUT2D eigenvalue weighted by atomic mass is 79.9. The van der Waals surface area contributed by atoms with E-state index in [4.69, 9.17) is 4.74 Å². The van der Waals surface area contributed by atoms with E-state index >= 15 is 0 Å². The number of aromatic amines is 1. The van der Waals surface area contributed by atoms with Crippen LogP contribution >= 0.6 is 15.9 Å². The number of aromatic nitrogens is 2. The van der Waals surface area contributed by atoms with Crippen molar-refractivity contribution in [1.29, 1.82) is 0 Å². The largest absolute Gasteiger partial charge is 0.444 e. The van der Waals surface area contributed by atoms with Gasteiger partial charge in [0.1, 0.15) is 17.6 Å². The van der Waals surface area contributed by atoms with E-state index in [1.807, 2.05) is 18.2 Å². The average Bonchev–Trinajstić information content (AvgIpc) is 2.99. The zero-order valence-electron chi connectivity index (χ0n) is 13.3. The number of carbonyl (C=O) groups excluding carboxylic acids is 1. The number of ether oxygens (including phenoxy) is 1. The van der Waals surface area contributed by atoms with E-state index in [0.29, 0.717) is 5.82 Å².